The predicted molar refractivity (Wildman–Crippen MR) is 111 cm³/mol. The van der Waals surface area contributed by atoms with Crippen molar-refractivity contribution >= 4 is 12.2 Å². The van der Waals surface area contributed by atoms with Crippen LogP contribution in [0, 0.1) is 17.5 Å². The molecule has 0 bridgehead atoms. The van der Waals surface area contributed by atoms with Crippen molar-refractivity contribution in [3.63, 3.8) is 0 Å². The molecule has 6 heteroatoms. The molecule has 0 heterocycles. The number of halogens is 6. The molecule has 0 aliphatic rings. The third-order valence-corrected chi connectivity index (χ3v) is 4.79. The van der Waals surface area contributed by atoms with Crippen molar-refractivity contribution in [2.45, 2.75) is 19.0 Å². The van der Waals surface area contributed by atoms with Crippen molar-refractivity contribution in [3.05, 3.63) is 107 Å². The number of benzene rings is 3. The molecule has 0 radical (unpaired) electrons. The van der Waals surface area contributed by atoms with Crippen LogP contribution in [-0.2, 0) is 12.8 Å². The number of hydrogen-bond acceptors (Lipinski definition) is 0. The average molecular weight is 432 g/mol. The van der Waals surface area contributed by atoms with Gasteiger partial charge in [0.25, 0.3) is 0 Å². The van der Waals surface area contributed by atoms with Crippen molar-refractivity contribution < 1.29 is 26.3 Å². The van der Waals surface area contributed by atoms with Gasteiger partial charge < -0.3 is 0 Å². The van der Waals surface area contributed by atoms with Crippen molar-refractivity contribution in [2.75, 3.05) is 0 Å². The Kier molecular flexibility index (Phi) is 6.68. The Morgan fingerprint density at radius 1 is 0.742 bits per heavy atom. The fourth-order valence-corrected chi connectivity index (χ4v) is 3.14. The highest BCUT2D eigenvalue weighted by Crippen LogP contribution is 2.25. The molecule has 0 aromatic heterocycles. The van der Waals surface area contributed by atoms with E-state index in [1.54, 1.807) is 18.2 Å². The Balaban J connectivity index is 1.73. The highest BCUT2D eigenvalue weighted by molar-refractivity contribution is 5.66. The first-order valence-electron chi connectivity index (χ1n) is 9.41. The van der Waals surface area contributed by atoms with Crippen LogP contribution < -0.4 is 0 Å². The van der Waals surface area contributed by atoms with Crippen LogP contribution >= 0.6 is 0 Å². The van der Waals surface area contributed by atoms with Gasteiger partial charge in [-0.05, 0) is 64.9 Å². The molecule has 3 aromatic carbocycles. The van der Waals surface area contributed by atoms with Crippen LogP contribution in [0.25, 0.3) is 23.3 Å². The molecule has 160 valence electrons. The van der Waals surface area contributed by atoms with Crippen LogP contribution in [0.1, 0.15) is 22.3 Å². The van der Waals surface area contributed by atoms with Crippen LogP contribution in [0.15, 0.2) is 67.3 Å². The van der Waals surface area contributed by atoms with Crippen molar-refractivity contribution in [2.24, 2.45) is 0 Å². The second-order valence-corrected chi connectivity index (χ2v) is 6.98. The molecular weight excluding hydrogens is 414 g/mol. The summed E-state index contributed by atoms with van der Waals surface area (Å²) in [5.74, 6) is -2.65. The zero-order chi connectivity index (χ0) is 22.6. The number of rotatable bonds is 6. The molecule has 0 saturated heterocycles. The van der Waals surface area contributed by atoms with Gasteiger partial charge in [0.15, 0.2) is 0 Å². The zero-order valence-corrected chi connectivity index (χ0v) is 16.3. The van der Waals surface area contributed by atoms with Gasteiger partial charge in [0.05, 0.1) is 0 Å². The molecule has 0 unspecified atom stereocenters. The van der Waals surface area contributed by atoms with Crippen LogP contribution in [0.2, 0.25) is 0 Å². The van der Waals surface area contributed by atoms with Gasteiger partial charge in [0, 0.05) is 11.6 Å². The lowest BCUT2D eigenvalue weighted by Crippen LogP contribution is -2.02. The quantitative estimate of drug-likeness (QED) is 0.349. The smallest absolute Gasteiger partial charge is 0.207 e. The number of allylic oxidation sites excluding steroid dienone is 1. The van der Waals surface area contributed by atoms with Crippen molar-refractivity contribution in [3.8, 4) is 11.1 Å². The first-order chi connectivity index (χ1) is 14.7. The Labute approximate surface area is 176 Å². The summed E-state index contributed by atoms with van der Waals surface area (Å²) in [7, 11) is 0. The van der Waals surface area contributed by atoms with E-state index in [4.69, 9.17) is 0 Å². The summed E-state index contributed by atoms with van der Waals surface area (Å²) in [5, 5.41) is 0. The monoisotopic (exact) mass is 432 g/mol. The summed E-state index contributed by atoms with van der Waals surface area (Å²) in [6.45, 7) is 3.68. The van der Waals surface area contributed by atoms with Gasteiger partial charge in [-0.1, -0.05) is 49.1 Å². The molecule has 3 rings (SSSR count). The van der Waals surface area contributed by atoms with Gasteiger partial charge in [-0.25, -0.2) is 13.2 Å². The molecule has 0 amide bonds. The highest BCUT2D eigenvalue weighted by Gasteiger charge is 2.22. The lowest BCUT2D eigenvalue weighted by atomic mass is 9.98. The molecular formula is C25H18F6. The van der Waals surface area contributed by atoms with Crippen LogP contribution in [0.4, 0.5) is 26.3 Å². The Hall–Kier alpha value is -3.28. The van der Waals surface area contributed by atoms with E-state index >= 15 is 0 Å². The van der Waals surface area contributed by atoms with E-state index in [2.05, 4.69) is 6.58 Å². The summed E-state index contributed by atoms with van der Waals surface area (Å²) >= 11 is 0. The van der Waals surface area contributed by atoms with Gasteiger partial charge in [0.2, 0.25) is 0 Å². The van der Waals surface area contributed by atoms with Gasteiger partial charge in [-0.3, -0.25) is 0 Å². The summed E-state index contributed by atoms with van der Waals surface area (Å²) < 4.78 is 79.3. The highest BCUT2D eigenvalue weighted by atomic mass is 19.4. The van der Waals surface area contributed by atoms with E-state index in [0.29, 0.717) is 17.2 Å². The van der Waals surface area contributed by atoms with E-state index in [1.807, 2.05) is 24.3 Å². The largest absolute Gasteiger partial charge is 0.409 e. The molecule has 3 aromatic rings. The Morgan fingerprint density at radius 3 is 1.90 bits per heavy atom. The van der Waals surface area contributed by atoms with Gasteiger partial charge in [-0.15, -0.1) is 0 Å². The topological polar surface area (TPSA) is 0 Å². The zero-order valence-electron chi connectivity index (χ0n) is 16.3. The molecule has 0 spiro atoms. The lowest BCUT2D eigenvalue weighted by Gasteiger charge is -2.09. The maximum atomic E-state index is 14.5. The number of alkyl halides is 3. The van der Waals surface area contributed by atoms with Gasteiger partial charge >= 0.3 is 6.18 Å². The van der Waals surface area contributed by atoms with E-state index in [9.17, 15) is 26.3 Å². The average Bonchev–Trinajstić information content (AvgIpc) is 2.71. The number of hydrogen-bond donors (Lipinski definition) is 0. The molecule has 0 nitrogen and oxygen atoms in total. The third-order valence-electron chi connectivity index (χ3n) is 4.79. The summed E-state index contributed by atoms with van der Waals surface area (Å²) in [5.41, 5.74) is 2.30. The minimum atomic E-state index is -4.67. The third kappa shape index (κ3) is 5.87. The minimum Gasteiger partial charge on any atom is -0.207 e. The van der Waals surface area contributed by atoms with Crippen LogP contribution in [-0.4, -0.2) is 6.18 Å². The fraction of sp³-hybridized carbons (Fsp3) is 0.120. The molecule has 0 fully saturated rings. The SMILES string of the molecule is C=Cc1ccc(-c2ccc(CCc3cc(F)c(/C=C/C(F)(F)F)c(F)c3)c(F)c2)cc1. The standard InChI is InChI=1S/C25H18F6/c1-2-16-3-6-18(7-4-16)20-10-9-19(22(26)15-20)8-5-17-13-23(27)21(24(28)14-17)11-12-25(29,30)31/h2-4,6-7,9-15H,1,5,8H2/b12-11+. The Morgan fingerprint density at radius 2 is 1.35 bits per heavy atom. The molecule has 0 N–H and O–H groups in total. The van der Waals surface area contributed by atoms with Crippen LogP contribution in [0.5, 0.6) is 0 Å². The summed E-state index contributed by atoms with van der Waals surface area (Å²) in [6.07, 6.45) is -2.53. The Bertz CT molecular complexity index is 1080. The second-order valence-electron chi connectivity index (χ2n) is 6.98. The van der Waals surface area contributed by atoms with Crippen LogP contribution in [0.3, 0.4) is 0 Å². The lowest BCUT2D eigenvalue weighted by molar-refractivity contribution is -0.0790. The number of aryl methyl sites for hydroxylation is 2. The molecule has 31 heavy (non-hydrogen) atoms. The molecule has 0 aliphatic heterocycles. The maximum Gasteiger partial charge on any atom is 0.409 e. The van der Waals surface area contributed by atoms with E-state index in [1.165, 1.54) is 6.07 Å². The first kappa shape index (κ1) is 22.4. The summed E-state index contributed by atoms with van der Waals surface area (Å²) in [4.78, 5) is 0. The molecule has 0 aliphatic carbocycles. The minimum absolute atomic E-state index is 0.126. The van der Waals surface area contributed by atoms with Gasteiger partial charge in [0.1, 0.15) is 17.5 Å². The van der Waals surface area contributed by atoms with E-state index in [-0.39, 0.29) is 24.5 Å². The molecule has 0 atom stereocenters. The normalized spacial score (nSPS) is 11.8. The van der Waals surface area contributed by atoms with Crippen molar-refractivity contribution in [1.29, 1.82) is 0 Å². The first-order valence-corrected chi connectivity index (χ1v) is 9.41. The maximum absolute atomic E-state index is 14.5. The van der Waals surface area contributed by atoms with E-state index in [0.717, 1.165) is 23.3 Å². The summed E-state index contributed by atoms with van der Waals surface area (Å²) in [6, 6.07) is 14.1. The predicted octanol–water partition coefficient (Wildman–Crippen LogP) is 7.77. The van der Waals surface area contributed by atoms with Crippen molar-refractivity contribution in [1.82, 2.24) is 0 Å². The second kappa shape index (κ2) is 9.25. The fourth-order valence-electron chi connectivity index (χ4n) is 3.14. The van der Waals surface area contributed by atoms with Gasteiger partial charge in [-0.2, -0.15) is 13.2 Å². The molecule has 0 saturated carbocycles. The van der Waals surface area contributed by atoms with E-state index < -0.39 is 29.2 Å².